The highest BCUT2D eigenvalue weighted by atomic mass is 19.1. The van der Waals surface area contributed by atoms with Gasteiger partial charge in [-0.2, -0.15) is 0 Å². The molecule has 0 aromatic heterocycles. The Hall–Kier alpha value is -1.82. The lowest BCUT2D eigenvalue weighted by atomic mass is 9.86. The van der Waals surface area contributed by atoms with Crippen molar-refractivity contribution in [2.75, 3.05) is 6.61 Å². The second-order valence-electron chi connectivity index (χ2n) is 6.02. The molecule has 1 fully saturated rings. The maximum Gasteiger partial charge on any atom is 0.220 e. The van der Waals surface area contributed by atoms with Gasteiger partial charge in [0.05, 0.1) is 5.56 Å². The van der Waals surface area contributed by atoms with E-state index in [1.54, 1.807) is 0 Å². The molecule has 0 radical (unpaired) electrons. The molecule has 1 aromatic carbocycles. The highest BCUT2D eigenvalue weighted by Crippen LogP contribution is 2.23. The van der Waals surface area contributed by atoms with Gasteiger partial charge in [0.25, 0.3) is 0 Å². The number of carbonyl (C=O) groups excluding carboxylic acids is 2. The van der Waals surface area contributed by atoms with Crippen LogP contribution >= 0.6 is 0 Å². The Balaban J connectivity index is 1.77. The second-order valence-corrected chi connectivity index (χ2v) is 6.02. The van der Waals surface area contributed by atoms with Gasteiger partial charge in [0.1, 0.15) is 11.6 Å². The van der Waals surface area contributed by atoms with Crippen molar-refractivity contribution in [3.63, 3.8) is 0 Å². The van der Waals surface area contributed by atoms with Crippen molar-refractivity contribution < 1.29 is 23.5 Å². The van der Waals surface area contributed by atoms with Gasteiger partial charge < -0.3 is 10.4 Å². The average molecular weight is 325 g/mol. The highest BCUT2D eigenvalue weighted by Gasteiger charge is 2.22. The maximum atomic E-state index is 13.5. The predicted octanol–water partition coefficient (Wildman–Crippen LogP) is 2.60. The van der Waals surface area contributed by atoms with Crippen LogP contribution in [0, 0.1) is 17.6 Å². The Labute approximate surface area is 133 Å². The maximum absolute atomic E-state index is 13.5. The number of hydrogen-bond donors (Lipinski definition) is 2. The van der Waals surface area contributed by atoms with E-state index in [9.17, 15) is 18.4 Å². The lowest BCUT2D eigenvalue weighted by Crippen LogP contribution is -2.38. The number of aliphatic hydroxyl groups excluding tert-OH is 1. The molecule has 0 unspecified atom stereocenters. The predicted molar refractivity (Wildman–Crippen MR) is 80.9 cm³/mol. The molecule has 1 aliphatic rings. The zero-order valence-electron chi connectivity index (χ0n) is 12.9. The summed E-state index contributed by atoms with van der Waals surface area (Å²) in [4.78, 5) is 23.8. The SMILES string of the molecule is O=C(CCC(=O)c1ccc(F)cc1F)NC1CCC(CO)CC1. The monoisotopic (exact) mass is 325 g/mol. The number of hydrogen-bond acceptors (Lipinski definition) is 3. The lowest BCUT2D eigenvalue weighted by molar-refractivity contribution is -0.122. The molecule has 0 bridgehead atoms. The van der Waals surface area contributed by atoms with Crippen LogP contribution in [0.25, 0.3) is 0 Å². The van der Waals surface area contributed by atoms with E-state index in [-0.39, 0.29) is 37.0 Å². The van der Waals surface area contributed by atoms with Crippen LogP contribution in [0.15, 0.2) is 18.2 Å². The van der Waals surface area contributed by atoms with Crippen LogP contribution in [0.2, 0.25) is 0 Å². The number of benzene rings is 1. The second kappa shape index (κ2) is 8.15. The summed E-state index contributed by atoms with van der Waals surface area (Å²) in [6, 6.07) is 2.85. The summed E-state index contributed by atoms with van der Waals surface area (Å²) >= 11 is 0. The first-order valence-electron chi connectivity index (χ1n) is 7.88. The van der Waals surface area contributed by atoms with Crippen LogP contribution in [-0.2, 0) is 4.79 Å². The molecule has 1 aromatic rings. The van der Waals surface area contributed by atoms with E-state index in [0.717, 1.165) is 37.8 Å². The molecule has 126 valence electrons. The van der Waals surface area contributed by atoms with Crippen LogP contribution in [0.4, 0.5) is 8.78 Å². The van der Waals surface area contributed by atoms with Gasteiger partial charge in [-0.25, -0.2) is 8.78 Å². The minimum atomic E-state index is -0.905. The van der Waals surface area contributed by atoms with Crippen molar-refractivity contribution >= 4 is 11.7 Å². The van der Waals surface area contributed by atoms with Gasteiger partial charge in [-0.3, -0.25) is 9.59 Å². The molecule has 1 aliphatic carbocycles. The highest BCUT2D eigenvalue weighted by molar-refractivity contribution is 5.98. The van der Waals surface area contributed by atoms with E-state index in [2.05, 4.69) is 5.32 Å². The van der Waals surface area contributed by atoms with E-state index in [1.165, 1.54) is 0 Å². The standard InChI is InChI=1S/C17H21F2NO3/c18-12-3-6-14(15(19)9-12)16(22)7-8-17(23)20-13-4-1-11(10-21)2-5-13/h3,6,9,11,13,21H,1-2,4-5,7-8,10H2,(H,20,23). The quantitative estimate of drug-likeness (QED) is 0.790. The summed E-state index contributed by atoms with van der Waals surface area (Å²) in [5.74, 6) is -2.09. The van der Waals surface area contributed by atoms with Gasteiger partial charge in [0, 0.05) is 31.6 Å². The van der Waals surface area contributed by atoms with Crippen LogP contribution in [0.5, 0.6) is 0 Å². The summed E-state index contributed by atoms with van der Waals surface area (Å²) in [6.45, 7) is 0.179. The third-order valence-corrected chi connectivity index (χ3v) is 4.28. The molecule has 23 heavy (non-hydrogen) atoms. The zero-order valence-corrected chi connectivity index (χ0v) is 12.9. The number of ketones is 1. The zero-order chi connectivity index (χ0) is 16.8. The van der Waals surface area contributed by atoms with Gasteiger partial charge in [-0.15, -0.1) is 0 Å². The number of nitrogens with one attached hydrogen (secondary N) is 1. The first-order chi connectivity index (χ1) is 11.0. The number of carbonyl (C=O) groups is 2. The summed E-state index contributed by atoms with van der Waals surface area (Å²) in [6.07, 6.45) is 3.26. The van der Waals surface area contributed by atoms with E-state index >= 15 is 0 Å². The molecule has 6 heteroatoms. The van der Waals surface area contributed by atoms with E-state index < -0.39 is 17.4 Å². The summed E-state index contributed by atoms with van der Waals surface area (Å²) < 4.78 is 26.3. The number of halogens is 2. The number of aliphatic hydroxyl groups is 1. The Morgan fingerprint density at radius 2 is 1.83 bits per heavy atom. The molecule has 2 N–H and O–H groups in total. The number of amides is 1. The van der Waals surface area contributed by atoms with Crippen molar-refractivity contribution in [1.29, 1.82) is 0 Å². The normalized spacial score (nSPS) is 21.0. The first-order valence-corrected chi connectivity index (χ1v) is 7.88. The van der Waals surface area contributed by atoms with Crippen LogP contribution < -0.4 is 5.32 Å². The van der Waals surface area contributed by atoms with Gasteiger partial charge in [0.2, 0.25) is 5.91 Å². The summed E-state index contributed by atoms with van der Waals surface area (Å²) in [5, 5.41) is 11.9. The Morgan fingerprint density at radius 1 is 1.13 bits per heavy atom. The first kappa shape index (κ1) is 17.5. The van der Waals surface area contributed by atoms with Crippen LogP contribution in [0.1, 0.15) is 48.9 Å². The summed E-state index contributed by atoms with van der Waals surface area (Å²) in [5.41, 5.74) is -0.192. The van der Waals surface area contributed by atoms with Crippen LogP contribution in [0.3, 0.4) is 0 Å². The smallest absolute Gasteiger partial charge is 0.220 e. The minimum Gasteiger partial charge on any atom is -0.396 e. The molecule has 1 saturated carbocycles. The fourth-order valence-corrected chi connectivity index (χ4v) is 2.87. The third kappa shape index (κ3) is 5.10. The van der Waals surface area contributed by atoms with Gasteiger partial charge in [0.15, 0.2) is 5.78 Å². The molecule has 0 spiro atoms. The topological polar surface area (TPSA) is 66.4 Å². The molecule has 4 nitrogen and oxygen atoms in total. The Morgan fingerprint density at radius 3 is 2.43 bits per heavy atom. The van der Waals surface area contributed by atoms with Crippen molar-refractivity contribution in [1.82, 2.24) is 5.32 Å². The average Bonchev–Trinajstić information content (AvgIpc) is 2.53. The molecule has 0 atom stereocenters. The summed E-state index contributed by atoms with van der Waals surface area (Å²) in [7, 11) is 0. The minimum absolute atomic E-state index is 0.0183. The molecule has 1 amide bonds. The lowest BCUT2D eigenvalue weighted by Gasteiger charge is -2.27. The van der Waals surface area contributed by atoms with E-state index in [4.69, 9.17) is 5.11 Å². The molecular weight excluding hydrogens is 304 g/mol. The van der Waals surface area contributed by atoms with Gasteiger partial charge in [-0.05, 0) is 43.7 Å². The number of Topliss-reactive ketones (excluding diaryl/α,β-unsaturated/α-hetero) is 1. The Kier molecular flexibility index (Phi) is 6.21. The largest absolute Gasteiger partial charge is 0.396 e. The third-order valence-electron chi connectivity index (χ3n) is 4.28. The number of rotatable bonds is 6. The van der Waals surface area contributed by atoms with E-state index in [1.807, 2.05) is 0 Å². The van der Waals surface area contributed by atoms with E-state index in [0.29, 0.717) is 12.0 Å². The molecular formula is C17H21F2NO3. The fourth-order valence-electron chi connectivity index (χ4n) is 2.87. The molecule has 0 heterocycles. The van der Waals surface area contributed by atoms with Crippen LogP contribution in [-0.4, -0.2) is 29.4 Å². The molecule has 0 aliphatic heterocycles. The van der Waals surface area contributed by atoms with Crippen molar-refractivity contribution in [2.45, 2.75) is 44.6 Å². The molecule has 0 saturated heterocycles. The molecule has 2 rings (SSSR count). The van der Waals surface area contributed by atoms with Gasteiger partial charge >= 0.3 is 0 Å². The Bertz CT molecular complexity index is 569. The van der Waals surface area contributed by atoms with Gasteiger partial charge in [-0.1, -0.05) is 0 Å². The van der Waals surface area contributed by atoms with Crippen molar-refractivity contribution in [2.24, 2.45) is 5.92 Å². The van der Waals surface area contributed by atoms with Crippen molar-refractivity contribution in [3.8, 4) is 0 Å². The van der Waals surface area contributed by atoms with Crippen molar-refractivity contribution in [3.05, 3.63) is 35.4 Å². The fraction of sp³-hybridized carbons (Fsp3) is 0.529.